The molecule has 3 rings (SSSR count). The number of unbranched alkanes of at least 4 members (excludes halogenated alkanes) is 3. The Balaban J connectivity index is 1.58. The summed E-state index contributed by atoms with van der Waals surface area (Å²) in [4.78, 5) is 21.5. The molecule has 1 aromatic carbocycles. The number of nitrogens with zero attached hydrogens (tertiary/aromatic N) is 2. The molecule has 1 N–H and O–H groups in total. The van der Waals surface area contributed by atoms with Gasteiger partial charge in [0.2, 0.25) is 0 Å². The monoisotopic (exact) mass is 701 g/mol. The van der Waals surface area contributed by atoms with Gasteiger partial charge in [-0.1, -0.05) is 0 Å². The Labute approximate surface area is 247 Å². The van der Waals surface area contributed by atoms with E-state index in [1.165, 1.54) is 51.8 Å². The van der Waals surface area contributed by atoms with Crippen LogP contribution < -0.4 is 10.1 Å². The summed E-state index contributed by atoms with van der Waals surface area (Å²) in [6.45, 7) is 7.99. The quantitative estimate of drug-likeness (QED) is 0.113. The van der Waals surface area contributed by atoms with E-state index in [1.54, 1.807) is 18.5 Å². The van der Waals surface area contributed by atoms with Crippen LogP contribution in [0.15, 0.2) is 63.4 Å². The Bertz CT molecular complexity index is 1200. The molecule has 5 nitrogen and oxygen atoms in total. The first-order chi connectivity index (χ1) is 19.0. The summed E-state index contributed by atoms with van der Waals surface area (Å²) in [5.41, 5.74) is 2.06. The fourth-order valence-corrected chi connectivity index (χ4v) is 19.9. The second-order valence-electron chi connectivity index (χ2n) is 10.4. The molecule has 2 aromatic heterocycles. The SMILES string of the molecule is CCC[CH2][Sn](/[CH]=C/CCOc1ccccc1CNC(=O)c1ccc2cncc(Br)c2n1)([CH2]CCC)[CH2]CCC. The maximum absolute atomic E-state index is 12.9. The Hall–Kier alpha value is -1.93. The molecule has 0 atom stereocenters. The van der Waals surface area contributed by atoms with E-state index in [1.807, 2.05) is 30.3 Å². The van der Waals surface area contributed by atoms with Crippen LogP contribution in [0.25, 0.3) is 10.9 Å². The van der Waals surface area contributed by atoms with Crippen LogP contribution >= 0.6 is 15.9 Å². The van der Waals surface area contributed by atoms with E-state index in [0.717, 1.165) is 33.1 Å². The third-order valence-electron chi connectivity index (χ3n) is 7.30. The van der Waals surface area contributed by atoms with Crippen molar-refractivity contribution in [2.75, 3.05) is 6.61 Å². The molecule has 0 spiro atoms. The molecule has 39 heavy (non-hydrogen) atoms. The minimum absolute atomic E-state index is 0.214. The van der Waals surface area contributed by atoms with E-state index in [0.29, 0.717) is 18.8 Å². The summed E-state index contributed by atoms with van der Waals surface area (Å²) in [7, 11) is 0. The van der Waals surface area contributed by atoms with Crippen LogP contribution in [-0.2, 0) is 6.54 Å². The third kappa shape index (κ3) is 9.89. The summed E-state index contributed by atoms with van der Waals surface area (Å²) in [6.07, 6.45) is 14.8. The van der Waals surface area contributed by atoms with Crippen LogP contribution in [0, 0.1) is 0 Å². The molecule has 0 bridgehead atoms. The molecular weight excluding hydrogens is 657 g/mol. The van der Waals surface area contributed by atoms with Crippen molar-refractivity contribution in [2.24, 2.45) is 0 Å². The molecule has 1 amide bonds. The van der Waals surface area contributed by atoms with Crippen molar-refractivity contribution in [3.05, 3.63) is 74.7 Å². The zero-order valence-corrected chi connectivity index (χ0v) is 28.3. The van der Waals surface area contributed by atoms with Gasteiger partial charge in [0.1, 0.15) is 0 Å². The van der Waals surface area contributed by atoms with Crippen LogP contribution in [0.5, 0.6) is 5.75 Å². The van der Waals surface area contributed by atoms with Crippen molar-refractivity contribution >= 4 is 51.1 Å². The topological polar surface area (TPSA) is 64.1 Å². The molecule has 0 radical (unpaired) electrons. The molecule has 3 aromatic rings. The number of benzene rings is 1. The number of ether oxygens (including phenoxy) is 1. The predicted octanol–water partition coefficient (Wildman–Crippen LogP) is 9.04. The van der Waals surface area contributed by atoms with E-state index in [-0.39, 0.29) is 5.91 Å². The second kappa shape index (κ2) is 17.0. The third-order valence-corrected chi connectivity index (χ3v) is 22.1. The maximum atomic E-state index is 12.9. The summed E-state index contributed by atoms with van der Waals surface area (Å²) in [5.74, 6) is 0.609. The van der Waals surface area contributed by atoms with Gasteiger partial charge in [-0.15, -0.1) is 0 Å². The van der Waals surface area contributed by atoms with E-state index in [2.05, 4.69) is 62.2 Å². The first kappa shape index (κ1) is 31.6. The standard InChI is InChI=1S/C20H17BrN3O2.3C4H9.Sn/c1-2-3-10-26-18-7-5-4-6-14(18)12-23-20(25)17-9-8-15-11-22-13-16(21)19(15)24-17;3*1-3-4-2;/h1-2,4-9,11,13H,3,10,12H2,(H,23,25);3*1,3-4H2,2H3;. The van der Waals surface area contributed by atoms with Crippen molar-refractivity contribution in [1.29, 1.82) is 0 Å². The fraction of sp³-hybridized carbons (Fsp3) is 0.469. The molecular formula is C32H44BrN3O2Sn. The number of carbonyl (C=O) groups excluding carboxylic acids is 1. The second-order valence-corrected chi connectivity index (χ2v) is 24.3. The van der Waals surface area contributed by atoms with Gasteiger partial charge in [0.05, 0.1) is 9.99 Å². The van der Waals surface area contributed by atoms with E-state index in [4.69, 9.17) is 4.74 Å². The van der Waals surface area contributed by atoms with Crippen LogP contribution in [0.3, 0.4) is 0 Å². The van der Waals surface area contributed by atoms with Crippen molar-refractivity contribution in [3.8, 4) is 5.75 Å². The van der Waals surface area contributed by atoms with Gasteiger partial charge in [0, 0.05) is 17.8 Å². The van der Waals surface area contributed by atoms with Gasteiger partial charge in [-0.3, -0.25) is 4.98 Å². The zero-order valence-electron chi connectivity index (χ0n) is 23.8. The Morgan fingerprint density at radius 1 is 0.974 bits per heavy atom. The Morgan fingerprint density at radius 2 is 1.67 bits per heavy atom. The van der Waals surface area contributed by atoms with Gasteiger partial charge in [-0.25, -0.2) is 0 Å². The zero-order chi connectivity index (χ0) is 27.9. The predicted molar refractivity (Wildman–Crippen MR) is 169 cm³/mol. The number of pyridine rings is 2. The van der Waals surface area contributed by atoms with Crippen molar-refractivity contribution < 1.29 is 9.53 Å². The molecule has 2 heterocycles. The van der Waals surface area contributed by atoms with E-state index in [9.17, 15) is 4.79 Å². The number of hydrogen-bond donors (Lipinski definition) is 1. The average molecular weight is 701 g/mol. The number of amides is 1. The van der Waals surface area contributed by atoms with Gasteiger partial charge < -0.3 is 0 Å². The minimum atomic E-state index is -2.24. The van der Waals surface area contributed by atoms with Gasteiger partial charge in [-0.2, -0.15) is 0 Å². The molecule has 0 fully saturated rings. The summed E-state index contributed by atoms with van der Waals surface area (Å²) in [5, 5.41) is 3.89. The Kier molecular flexibility index (Phi) is 13.8. The first-order valence-corrected chi connectivity index (χ1v) is 23.1. The van der Waals surface area contributed by atoms with Gasteiger partial charge >= 0.3 is 194 Å². The van der Waals surface area contributed by atoms with Crippen LogP contribution in [0.1, 0.15) is 81.8 Å². The average Bonchev–Trinajstić information content (AvgIpc) is 2.96. The van der Waals surface area contributed by atoms with Crippen molar-refractivity contribution in [2.45, 2.75) is 85.6 Å². The number of halogens is 1. The molecule has 210 valence electrons. The van der Waals surface area contributed by atoms with Crippen LogP contribution in [0.2, 0.25) is 13.3 Å². The number of para-hydroxylation sites is 1. The number of carbonyl (C=O) groups is 1. The van der Waals surface area contributed by atoms with Gasteiger partial charge in [0.15, 0.2) is 0 Å². The number of nitrogens with one attached hydrogen (secondary N) is 1. The number of aromatic nitrogens is 2. The molecule has 0 aliphatic carbocycles. The summed E-state index contributed by atoms with van der Waals surface area (Å²) < 4.78 is 14.2. The molecule has 7 heteroatoms. The normalized spacial score (nSPS) is 11.8. The van der Waals surface area contributed by atoms with Crippen LogP contribution in [-0.4, -0.2) is 40.9 Å². The Morgan fingerprint density at radius 3 is 2.36 bits per heavy atom. The van der Waals surface area contributed by atoms with Crippen LogP contribution in [0.4, 0.5) is 0 Å². The van der Waals surface area contributed by atoms with Gasteiger partial charge in [0.25, 0.3) is 0 Å². The summed E-state index contributed by atoms with van der Waals surface area (Å²) >= 11 is 1.23. The van der Waals surface area contributed by atoms with Crippen molar-refractivity contribution in [3.63, 3.8) is 0 Å². The van der Waals surface area contributed by atoms with E-state index < -0.39 is 18.4 Å². The van der Waals surface area contributed by atoms with Gasteiger partial charge in [-0.05, 0) is 22.0 Å². The molecule has 0 aliphatic heterocycles. The molecule has 0 unspecified atom stereocenters. The summed E-state index contributed by atoms with van der Waals surface area (Å²) in [6, 6.07) is 11.5. The van der Waals surface area contributed by atoms with E-state index >= 15 is 0 Å². The number of fused-ring (bicyclic) bond motifs is 1. The molecule has 0 saturated heterocycles. The first-order valence-electron chi connectivity index (χ1n) is 14.6. The number of rotatable bonds is 17. The molecule has 0 aliphatic rings. The molecule has 0 saturated carbocycles. The number of hydrogen-bond acceptors (Lipinski definition) is 4. The fourth-order valence-electron chi connectivity index (χ4n) is 4.97. The van der Waals surface area contributed by atoms with Crippen molar-refractivity contribution in [1.82, 2.24) is 15.3 Å².